The number of unbranched alkanes of at least 4 members (excludes halogenated alkanes) is 11. The molecule has 0 spiro atoms. The highest BCUT2D eigenvalue weighted by Crippen LogP contribution is 2.19. The number of hydrogen-bond acceptors (Lipinski definition) is 2. The molecule has 0 saturated carbocycles. The summed E-state index contributed by atoms with van der Waals surface area (Å²) in [5.41, 5.74) is 5.48. The van der Waals surface area contributed by atoms with E-state index in [-0.39, 0.29) is 6.23 Å². The number of ether oxygens (including phenoxy) is 1. The molecule has 0 aromatic heterocycles. The first-order valence-electron chi connectivity index (χ1n) is 14.1. The van der Waals surface area contributed by atoms with E-state index >= 15 is 0 Å². The third kappa shape index (κ3) is 11.7. The Morgan fingerprint density at radius 2 is 1.03 bits per heavy atom. The van der Waals surface area contributed by atoms with Crippen LogP contribution in [0, 0.1) is 13.8 Å². The van der Waals surface area contributed by atoms with Gasteiger partial charge >= 0.3 is 0 Å². The topological polar surface area (TPSA) is 12.5 Å². The number of nitrogens with zero attached hydrogens (tertiary/aromatic N) is 1. The summed E-state index contributed by atoms with van der Waals surface area (Å²) < 4.78 is 6.35. The minimum atomic E-state index is 0.104. The Labute approximate surface area is 211 Å². The van der Waals surface area contributed by atoms with Crippen molar-refractivity contribution in [2.45, 2.75) is 124 Å². The van der Waals surface area contributed by atoms with Crippen LogP contribution in [-0.2, 0) is 17.8 Å². The smallest absolute Gasteiger partial charge is 0.108 e. The van der Waals surface area contributed by atoms with Gasteiger partial charge in [-0.05, 0) is 49.4 Å². The molecule has 0 heterocycles. The van der Waals surface area contributed by atoms with E-state index in [1.165, 1.54) is 99.3 Å². The third-order valence-corrected chi connectivity index (χ3v) is 7.14. The highest BCUT2D eigenvalue weighted by atomic mass is 16.5. The van der Waals surface area contributed by atoms with Gasteiger partial charge in [0.15, 0.2) is 0 Å². The van der Waals surface area contributed by atoms with Crippen LogP contribution in [0.4, 0.5) is 0 Å². The molecule has 34 heavy (non-hydrogen) atoms. The second kappa shape index (κ2) is 17.7. The molecule has 0 saturated heterocycles. The second-order valence-electron chi connectivity index (χ2n) is 10.1. The van der Waals surface area contributed by atoms with Crippen LogP contribution in [0.15, 0.2) is 48.5 Å². The van der Waals surface area contributed by atoms with Crippen LogP contribution >= 0.6 is 0 Å². The van der Waals surface area contributed by atoms with Crippen LogP contribution in [0.1, 0.15) is 113 Å². The van der Waals surface area contributed by atoms with Crippen LogP contribution in [0.2, 0.25) is 0 Å². The van der Waals surface area contributed by atoms with E-state index in [0.29, 0.717) is 0 Å². The van der Waals surface area contributed by atoms with Gasteiger partial charge in [-0.2, -0.15) is 0 Å². The second-order valence-corrected chi connectivity index (χ2v) is 10.1. The van der Waals surface area contributed by atoms with Crippen molar-refractivity contribution in [3.05, 3.63) is 70.8 Å². The van der Waals surface area contributed by atoms with E-state index in [1.54, 1.807) is 0 Å². The maximum absolute atomic E-state index is 6.35. The molecule has 1 unspecified atom stereocenters. The molecule has 0 aliphatic rings. The van der Waals surface area contributed by atoms with Crippen LogP contribution in [-0.4, -0.2) is 17.7 Å². The molecule has 0 aliphatic carbocycles. The van der Waals surface area contributed by atoms with Gasteiger partial charge in [0.25, 0.3) is 0 Å². The zero-order valence-electron chi connectivity index (χ0n) is 22.7. The number of benzene rings is 2. The van der Waals surface area contributed by atoms with Gasteiger partial charge in [-0.25, -0.2) is 0 Å². The minimum Gasteiger partial charge on any atom is -0.363 e. The summed E-state index contributed by atoms with van der Waals surface area (Å²) in [6.07, 6.45) is 16.6. The molecule has 2 heteroatoms. The van der Waals surface area contributed by atoms with Gasteiger partial charge in [0.1, 0.15) is 6.23 Å². The lowest BCUT2D eigenvalue weighted by Crippen LogP contribution is -2.35. The zero-order valence-corrected chi connectivity index (χ0v) is 22.7. The van der Waals surface area contributed by atoms with Crippen LogP contribution in [0.25, 0.3) is 0 Å². The number of aryl methyl sites for hydroxylation is 2. The fourth-order valence-corrected chi connectivity index (χ4v) is 4.63. The van der Waals surface area contributed by atoms with Crippen molar-refractivity contribution in [2.75, 3.05) is 6.61 Å². The Hall–Kier alpha value is -1.64. The van der Waals surface area contributed by atoms with Crippen LogP contribution in [0.3, 0.4) is 0 Å². The molecule has 0 radical (unpaired) electrons. The fourth-order valence-electron chi connectivity index (χ4n) is 4.63. The lowest BCUT2D eigenvalue weighted by Gasteiger charge is -2.30. The van der Waals surface area contributed by atoms with Gasteiger partial charge in [0.05, 0.1) is 0 Å². The Morgan fingerprint density at radius 3 is 1.47 bits per heavy atom. The Morgan fingerprint density at radius 1 is 0.618 bits per heavy atom. The molecule has 2 aromatic rings. The van der Waals surface area contributed by atoms with Crippen LogP contribution in [0.5, 0.6) is 0 Å². The maximum Gasteiger partial charge on any atom is 0.108 e. The van der Waals surface area contributed by atoms with Gasteiger partial charge in [0.2, 0.25) is 0 Å². The molecule has 2 aromatic carbocycles. The average molecular weight is 466 g/mol. The quantitative estimate of drug-likeness (QED) is 0.151. The highest BCUT2D eigenvalue weighted by Gasteiger charge is 2.17. The van der Waals surface area contributed by atoms with Gasteiger partial charge in [-0.1, -0.05) is 126 Å². The molecule has 0 fully saturated rings. The van der Waals surface area contributed by atoms with Crippen molar-refractivity contribution in [1.29, 1.82) is 0 Å². The molecule has 1 atom stereocenters. The summed E-state index contributed by atoms with van der Waals surface area (Å²) in [6, 6.07) is 17.4. The summed E-state index contributed by atoms with van der Waals surface area (Å²) in [5, 5.41) is 0. The van der Waals surface area contributed by atoms with Crippen LogP contribution < -0.4 is 0 Å². The highest BCUT2D eigenvalue weighted by molar-refractivity contribution is 5.27. The molecule has 190 valence electrons. The summed E-state index contributed by atoms with van der Waals surface area (Å²) >= 11 is 0. The van der Waals surface area contributed by atoms with E-state index < -0.39 is 0 Å². The minimum absolute atomic E-state index is 0.104. The SMILES string of the molecule is CCCCCCCCCCCCCCOC(C)N(Cc1ccccc1C)Cc1ccccc1C. The van der Waals surface area contributed by atoms with Crippen molar-refractivity contribution in [2.24, 2.45) is 0 Å². The van der Waals surface area contributed by atoms with Crippen molar-refractivity contribution in [3.63, 3.8) is 0 Å². The maximum atomic E-state index is 6.35. The normalized spacial score (nSPS) is 12.4. The van der Waals surface area contributed by atoms with E-state index in [0.717, 1.165) is 19.7 Å². The lowest BCUT2D eigenvalue weighted by atomic mass is 10.1. The molecule has 0 N–H and O–H groups in total. The number of rotatable bonds is 19. The summed E-state index contributed by atoms with van der Waals surface area (Å²) in [6.45, 7) is 11.6. The predicted octanol–water partition coefficient (Wildman–Crippen LogP) is 9.37. The first-order valence-corrected chi connectivity index (χ1v) is 14.1. The standard InChI is InChI=1S/C32H51NO/c1-5-6-7-8-9-10-11-12-13-14-15-20-25-34-30(4)33(26-31-23-18-16-21-28(31)2)27-32-24-19-17-22-29(32)3/h16-19,21-24,30H,5-15,20,25-27H2,1-4H3. The average Bonchev–Trinajstić information content (AvgIpc) is 2.84. The Kier molecular flexibility index (Phi) is 14.9. The van der Waals surface area contributed by atoms with E-state index in [2.05, 4.69) is 81.1 Å². The van der Waals surface area contributed by atoms with Crippen molar-refractivity contribution in [1.82, 2.24) is 4.90 Å². The zero-order chi connectivity index (χ0) is 24.4. The summed E-state index contributed by atoms with van der Waals surface area (Å²) in [4.78, 5) is 2.48. The van der Waals surface area contributed by atoms with Gasteiger partial charge in [0, 0.05) is 19.7 Å². The summed E-state index contributed by atoms with van der Waals surface area (Å²) in [7, 11) is 0. The molecule has 0 amide bonds. The monoisotopic (exact) mass is 465 g/mol. The van der Waals surface area contributed by atoms with Gasteiger partial charge in [-0.3, -0.25) is 4.90 Å². The molecule has 0 aliphatic heterocycles. The largest absolute Gasteiger partial charge is 0.363 e. The van der Waals surface area contributed by atoms with E-state index in [9.17, 15) is 0 Å². The van der Waals surface area contributed by atoms with E-state index in [4.69, 9.17) is 4.74 Å². The summed E-state index contributed by atoms with van der Waals surface area (Å²) in [5.74, 6) is 0. The third-order valence-electron chi connectivity index (χ3n) is 7.14. The molecule has 0 bridgehead atoms. The Balaban J connectivity index is 1.68. The fraction of sp³-hybridized carbons (Fsp3) is 0.625. The molecule has 2 nitrogen and oxygen atoms in total. The van der Waals surface area contributed by atoms with Crippen molar-refractivity contribution in [3.8, 4) is 0 Å². The first-order chi connectivity index (χ1) is 16.6. The van der Waals surface area contributed by atoms with Gasteiger partial charge in [-0.15, -0.1) is 0 Å². The Bertz CT molecular complexity index is 724. The van der Waals surface area contributed by atoms with E-state index in [1.807, 2.05) is 0 Å². The predicted molar refractivity (Wildman–Crippen MR) is 148 cm³/mol. The molecular weight excluding hydrogens is 414 g/mol. The number of hydrogen-bond donors (Lipinski definition) is 0. The first kappa shape index (κ1) is 28.6. The molecular formula is C32H51NO. The van der Waals surface area contributed by atoms with Gasteiger partial charge < -0.3 is 4.74 Å². The van der Waals surface area contributed by atoms with Crippen molar-refractivity contribution >= 4 is 0 Å². The van der Waals surface area contributed by atoms with Crippen molar-refractivity contribution < 1.29 is 4.74 Å². The lowest BCUT2D eigenvalue weighted by molar-refractivity contribution is -0.0576. The molecule has 2 rings (SSSR count).